The van der Waals surface area contributed by atoms with E-state index in [-0.39, 0.29) is 0 Å². The Morgan fingerprint density at radius 2 is 2.18 bits per heavy atom. The molecular formula is C13H15BrN2S. The normalized spacial score (nSPS) is 12.6. The van der Waals surface area contributed by atoms with E-state index in [9.17, 15) is 0 Å². The molecule has 0 radical (unpaired) electrons. The molecule has 1 heterocycles. The highest BCUT2D eigenvalue weighted by molar-refractivity contribution is 9.10. The average molecular weight is 311 g/mol. The zero-order chi connectivity index (χ0) is 12.3. The highest BCUT2D eigenvalue weighted by Crippen LogP contribution is 2.27. The van der Waals surface area contributed by atoms with E-state index in [2.05, 4.69) is 44.5 Å². The molecule has 17 heavy (non-hydrogen) atoms. The molecule has 2 nitrogen and oxygen atoms in total. The Kier molecular flexibility index (Phi) is 4.31. The Labute approximate surface area is 114 Å². The molecule has 0 spiro atoms. The standard InChI is InChI=1S/C13H15BrN2S/c1-9-8-17-13(16-9)6-10(7-15)11-4-2-3-5-12(11)14/h2-5,8,10H,6-7,15H2,1H3. The van der Waals surface area contributed by atoms with Gasteiger partial charge >= 0.3 is 0 Å². The van der Waals surface area contributed by atoms with Gasteiger partial charge in [0.25, 0.3) is 0 Å². The zero-order valence-electron chi connectivity index (χ0n) is 9.69. The summed E-state index contributed by atoms with van der Waals surface area (Å²) in [6, 6.07) is 8.26. The number of nitrogens with zero attached hydrogens (tertiary/aromatic N) is 1. The summed E-state index contributed by atoms with van der Waals surface area (Å²) >= 11 is 5.30. The number of halogens is 1. The Bertz CT molecular complexity index is 496. The number of thiazole rings is 1. The lowest BCUT2D eigenvalue weighted by atomic mass is 9.96. The van der Waals surface area contributed by atoms with Gasteiger partial charge < -0.3 is 5.73 Å². The van der Waals surface area contributed by atoms with Crippen LogP contribution in [0.1, 0.15) is 22.2 Å². The third-order valence-electron chi connectivity index (χ3n) is 2.72. The molecule has 4 heteroatoms. The van der Waals surface area contributed by atoms with Crippen LogP contribution in [0.5, 0.6) is 0 Å². The Morgan fingerprint density at radius 1 is 1.41 bits per heavy atom. The van der Waals surface area contributed by atoms with Gasteiger partial charge in [-0.05, 0) is 25.1 Å². The van der Waals surface area contributed by atoms with Crippen molar-refractivity contribution in [2.24, 2.45) is 5.73 Å². The molecule has 2 rings (SSSR count). The summed E-state index contributed by atoms with van der Waals surface area (Å²) in [7, 11) is 0. The van der Waals surface area contributed by atoms with Gasteiger partial charge in [-0.3, -0.25) is 0 Å². The zero-order valence-corrected chi connectivity index (χ0v) is 12.1. The molecule has 90 valence electrons. The van der Waals surface area contributed by atoms with Gasteiger partial charge in [-0.25, -0.2) is 4.98 Å². The van der Waals surface area contributed by atoms with Crippen LogP contribution < -0.4 is 5.73 Å². The SMILES string of the molecule is Cc1csc(CC(CN)c2ccccc2Br)n1. The summed E-state index contributed by atoms with van der Waals surface area (Å²) in [5, 5.41) is 3.25. The number of hydrogen-bond acceptors (Lipinski definition) is 3. The second-order valence-corrected chi connectivity index (χ2v) is 5.84. The van der Waals surface area contributed by atoms with E-state index in [1.807, 2.05) is 13.0 Å². The second-order valence-electron chi connectivity index (χ2n) is 4.04. The topological polar surface area (TPSA) is 38.9 Å². The fourth-order valence-electron chi connectivity index (χ4n) is 1.83. The molecule has 0 saturated carbocycles. The van der Waals surface area contributed by atoms with E-state index >= 15 is 0 Å². The van der Waals surface area contributed by atoms with Crippen molar-refractivity contribution >= 4 is 27.3 Å². The van der Waals surface area contributed by atoms with Gasteiger partial charge in [0.15, 0.2) is 0 Å². The summed E-state index contributed by atoms with van der Waals surface area (Å²) < 4.78 is 1.13. The van der Waals surface area contributed by atoms with Crippen molar-refractivity contribution < 1.29 is 0 Å². The smallest absolute Gasteiger partial charge is 0.0934 e. The average Bonchev–Trinajstić information content (AvgIpc) is 2.73. The van der Waals surface area contributed by atoms with Gasteiger partial charge in [0.1, 0.15) is 0 Å². The van der Waals surface area contributed by atoms with Gasteiger partial charge in [-0.1, -0.05) is 34.1 Å². The number of aromatic nitrogens is 1. The van der Waals surface area contributed by atoms with Gasteiger partial charge in [-0.2, -0.15) is 0 Å². The highest BCUT2D eigenvalue weighted by Gasteiger charge is 2.14. The fourth-order valence-corrected chi connectivity index (χ4v) is 3.30. The molecule has 0 aliphatic heterocycles. The summed E-state index contributed by atoms with van der Waals surface area (Å²) in [6.07, 6.45) is 0.914. The van der Waals surface area contributed by atoms with Crippen LogP contribution in [0.2, 0.25) is 0 Å². The first-order chi connectivity index (χ1) is 8.20. The molecule has 2 N–H and O–H groups in total. The quantitative estimate of drug-likeness (QED) is 0.938. The van der Waals surface area contributed by atoms with Crippen LogP contribution in [0.25, 0.3) is 0 Å². The lowest BCUT2D eigenvalue weighted by molar-refractivity contribution is 0.687. The first-order valence-corrected chi connectivity index (χ1v) is 7.23. The Morgan fingerprint density at radius 3 is 2.76 bits per heavy atom. The van der Waals surface area contributed by atoms with E-state index in [0.29, 0.717) is 12.5 Å². The van der Waals surface area contributed by atoms with E-state index in [1.165, 1.54) is 5.56 Å². The number of rotatable bonds is 4. The third-order valence-corrected chi connectivity index (χ3v) is 4.43. The minimum absolute atomic E-state index is 0.330. The summed E-state index contributed by atoms with van der Waals surface area (Å²) in [4.78, 5) is 4.50. The molecule has 1 unspecified atom stereocenters. The monoisotopic (exact) mass is 310 g/mol. The van der Waals surface area contributed by atoms with Gasteiger partial charge in [0.05, 0.1) is 5.01 Å². The van der Waals surface area contributed by atoms with Crippen LogP contribution in [-0.2, 0) is 6.42 Å². The first kappa shape index (κ1) is 12.7. The molecule has 0 bridgehead atoms. The third kappa shape index (κ3) is 3.15. The molecule has 1 atom stereocenters. The van der Waals surface area contributed by atoms with Crippen LogP contribution in [0, 0.1) is 6.92 Å². The van der Waals surface area contributed by atoms with Gasteiger partial charge in [0.2, 0.25) is 0 Å². The molecule has 0 aliphatic rings. The summed E-state index contributed by atoms with van der Waals surface area (Å²) in [5.41, 5.74) is 8.24. The summed E-state index contributed by atoms with van der Waals surface area (Å²) in [6.45, 7) is 2.66. The number of benzene rings is 1. The van der Waals surface area contributed by atoms with E-state index in [1.54, 1.807) is 11.3 Å². The predicted molar refractivity (Wildman–Crippen MR) is 76.5 cm³/mol. The Balaban J connectivity index is 2.20. The summed E-state index contributed by atoms with van der Waals surface area (Å²) in [5.74, 6) is 0.330. The van der Waals surface area contributed by atoms with Crippen LogP contribution in [0.15, 0.2) is 34.1 Å². The molecule has 0 amide bonds. The Hall–Kier alpha value is -0.710. The molecule has 0 aliphatic carbocycles. The lowest BCUT2D eigenvalue weighted by Gasteiger charge is -2.15. The van der Waals surface area contributed by atoms with Crippen LogP contribution in [0.3, 0.4) is 0 Å². The minimum Gasteiger partial charge on any atom is -0.330 e. The molecule has 1 aromatic heterocycles. The predicted octanol–water partition coefficient (Wildman–Crippen LogP) is 3.50. The minimum atomic E-state index is 0.330. The maximum atomic E-state index is 5.88. The second kappa shape index (κ2) is 5.76. The van der Waals surface area contributed by atoms with Crippen molar-refractivity contribution in [3.63, 3.8) is 0 Å². The van der Waals surface area contributed by atoms with Crippen molar-refractivity contribution in [3.8, 4) is 0 Å². The van der Waals surface area contributed by atoms with E-state index < -0.39 is 0 Å². The van der Waals surface area contributed by atoms with Crippen molar-refractivity contribution in [3.05, 3.63) is 50.4 Å². The van der Waals surface area contributed by atoms with Gasteiger partial charge in [-0.15, -0.1) is 11.3 Å². The maximum Gasteiger partial charge on any atom is 0.0934 e. The first-order valence-electron chi connectivity index (χ1n) is 5.56. The largest absolute Gasteiger partial charge is 0.330 e. The molecule has 0 fully saturated rings. The number of aryl methyl sites for hydroxylation is 1. The fraction of sp³-hybridized carbons (Fsp3) is 0.308. The molecule has 2 aromatic rings. The van der Waals surface area contributed by atoms with Crippen LogP contribution in [0.4, 0.5) is 0 Å². The number of hydrogen-bond donors (Lipinski definition) is 1. The van der Waals surface area contributed by atoms with Crippen molar-refractivity contribution in [2.75, 3.05) is 6.54 Å². The highest BCUT2D eigenvalue weighted by atomic mass is 79.9. The van der Waals surface area contributed by atoms with Crippen LogP contribution >= 0.6 is 27.3 Å². The van der Waals surface area contributed by atoms with E-state index in [0.717, 1.165) is 21.6 Å². The van der Waals surface area contributed by atoms with Crippen LogP contribution in [-0.4, -0.2) is 11.5 Å². The number of nitrogens with two attached hydrogens (primary N) is 1. The molecule has 1 aromatic carbocycles. The van der Waals surface area contributed by atoms with Crippen molar-refractivity contribution in [1.29, 1.82) is 0 Å². The van der Waals surface area contributed by atoms with E-state index in [4.69, 9.17) is 5.73 Å². The molecule has 0 saturated heterocycles. The van der Waals surface area contributed by atoms with Crippen molar-refractivity contribution in [1.82, 2.24) is 4.98 Å². The van der Waals surface area contributed by atoms with Crippen molar-refractivity contribution in [2.45, 2.75) is 19.3 Å². The maximum absolute atomic E-state index is 5.88. The lowest BCUT2D eigenvalue weighted by Crippen LogP contribution is -2.15. The van der Waals surface area contributed by atoms with Gasteiger partial charge in [0, 0.05) is 27.9 Å². The molecular weight excluding hydrogens is 296 g/mol.